The molecular formula is C19H29IN4O2S2. The number of halogens is 1. The zero-order valence-electron chi connectivity index (χ0n) is 16.6. The summed E-state index contributed by atoms with van der Waals surface area (Å²) in [6, 6.07) is 9.29. The van der Waals surface area contributed by atoms with E-state index >= 15 is 0 Å². The van der Waals surface area contributed by atoms with Crippen molar-refractivity contribution in [2.45, 2.75) is 39.5 Å². The number of sulfone groups is 1. The Morgan fingerprint density at radius 2 is 1.89 bits per heavy atom. The third kappa shape index (κ3) is 8.87. The number of aliphatic imine (C=N–C) groups is 1. The van der Waals surface area contributed by atoms with Crippen molar-refractivity contribution >= 4 is 51.1 Å². The van der Waals surface area contributed by atoms with Crippen LogP contribution >= 0.6 is 35.3 Å². The number of aryl methyl sites for hydroxylation is 2. The zero-order valence-corrected chi connectivity index (χ0v) is 20.5. The van der Waals surface area contributed by atoms with Crippen LogP contribution in [0.1, 0.15) is 34.5 Å². The van der Waals surface area contributed by atoms with Crippen molar-refractivity contribution in [3.8, 4) is 0 Å². The second kappa shape index (κ2) is 12.4. The summed E-state index contributed by atoms with van der Waals surface area (Å²) in [5.41, 5.74) is 1.85. The van der Waals surface area contributed by atoms with Gasteiger partial charge in [-0.15, -0.1) is 35.3 Å². The van der Waals surface area contributed by atoms with Gasteiger partial charge in [0.25, 0.3) is 0 Å². The van der Waals surface area contributed by atoms with Crippen molar-refractivity contribution < 1.29 is 8.42 Å². The van der Waals surface area contributed by atoms with Crippen molar-refractivity contribution in [3.63, 3.8) is 0 Å². The highest BCUT2D eigenvalue weighted by Crippen LogP contribution is 2.17. The average Bonchev–Trinajstić information content (AvgIpc) is 2.94. The van der Waals surface area contributed by atoms with Gasteiger partial charge >= 0.3 is 0 Å². The number of hydrogen-bond donors (Lipinski definition) is 2. The molecule has 2 N–H and O–H groups in total. The van der Waals surface area contributed by atoms with Gasteiger partial charge in [-0.25, -0.2) is 18.4 Å². The number of thiazole rings is 1. The van der Waals surface area contributed by atoms with E-state index in [2.05, 4.69) is 20.6 Å². The average molecular weight is 537 g/mol. The van der Waals surface area contributed by atoms with Gasteiger partial charge in [0, 0.05) is 18.0 Å². The van der Waals surface area contributed by atoms with Gasteiger partial charge in [0.2, 0.25) is 0 Å². The summed E-state index contributed by atoms with van der Waals surface area (Å²) < 4.78 is 24.5. The van der Waals surface area contributed by atoms with Crippen LogP contribution in [0.25, 0.3) is 0 Å². The summed E-state index contributed by atoms with van der Waals surface area (Å²) in [4.78, 5) is 10.1. The first-order chi connectivity index (χ1) is 12.9. The van der Waals surface area contributed by atoms with E-state index in [0.29, 0.717) is 25.5 Å². The number of rotatable bonds is 9. The molecule has 2 aromatic rings. The molecule has 0 fully saturated rings. The minimum Gasteiger partial charge on any atom is -0.357 e. The number of nitrogens with zero attached hydrogens (tertiary/aromatic N) is 2. The van der Waals surface area contributed by atoms with Crippen LogP contribution in [0.5, 0.6) is 0 Å². The number of benzene rings is 1. The number of nitrogens with one attached hydrogen (secondary N) is 2. The Morgan fingerprint density at radius 3 is 2.50 bits per heavy atom. The minimum atomic E-state index is -3.11. The van der Waals surface area contributed by atoms with E-state index in [1.165, 1.54) is 0 Å². The van der Waals surface area contributed by atoms with Crippen LogP contribution < -0.4 is 10.6 Å². The second-order valence-electron chi connectivity index (χ2n) is 6.29. The van der Waals surface area contributed by atoms with E-state index in [-0.39, 0.29) is 35.5 Å². The van der Waals surface area contributed by atoms with Gasteiger partial charge in [-0.3, -0.25) is 0 Å². The summed E-state index contributed by atoms with van der Waals surface area (Å²) in [6.07, 6.45) is 0.540. The highest BCUT2D eigenvalue weighted by atomic mass is 127. The summed E-state index contributed by atoms with van der Waals surface area (Å²) in [7, 11) is -3.11. The molecule has 0 saturated carbocycles. The standard InChI is InChI=1S/C19H28N4O2S2.HI/c1-4-20-19(22-13-18-15(2)23-16(3)26-18)21-11-8-12-27(24,25)14-17-9-6-5-7-10-17;/h5-7,9-10H,4,8,11-14H2,1-3H3,(H2,20,21,22);1H. The van der Waals surface area contributed by atoms with Crippen LogP contribution in [0.15, 0.2) is 35.3 Å². The molecule has 156 valence electrons. The van der Waals surface area contributed by atoms with Crippen LogP contribution in [-0.4, -0.2) is 38.2 Å². The van der Waals surface area contributed by atoms with E-state index in [1.807, 2.05) is 51.1 Å². The van der Waals surface area contributed by atoms with Crippen molar-refractivity contribution in [1.29, 1.82) is 0 Å². The maximum atomic E-state index is 12.2. The van der Waals surface area contributed by atoms with Gasteiger partial charge in [-0.05, 0) is 32.8 Å². The van der Waals surface area contributed by atoms with Crippen molar-refractivity contribution in [1.82, 2.24) is 15.6 Å². The second-order valence-corrected chi connectivity index (χ2v) is 9.77. The first-order valence-electron chi connectivity index (χ1n) is 9.09. The SMILES string of the molecule is CCNC(=NCc1sc(C)nc1C)NCCCS(=O)(=O)Cc1ccccc1.I. The van der Waals surface area contributed by atoms with Gasteiger partial charge in [0.1, 0.15) is 0 Å². The molecule has 1 aromatic heterocycles. The molecule has 0 bridgehead atoms. The number of guanidine groups is 1. The molecule has 0 atom stereocenters. The van der Waals surface area contributed by atoms with Gasteiger partial charge in [-0.2, -0.15) is 0 Å². The predicted molar refractivity (Wildman–Crippen MR) is 128 cm³/mol. The molecule has 0 spiro atoms. The van der Waals surface area contributed by atoms with Crippen molar-refractivity contribution in [2.75, 3.05) is 18.8 Å². The molecule has 0 unspecified atom stereocenters. The molecule has 28 heavy (non-hydrogen) atoms. The van der Waals surface area contributed by atoms with Crippen LogP contribution in [0.2, 0.25) is 0 Å². The Bertz CT molecular complexity index is 852. The topological polar surface area (TPSA) is 83.4 Å². The Labute approximate surface area is 189 Å². The van der Waals surface area contributed by atoms with Crippen LogP contribution in [-0.2, 0) is 22.1 Å². The van der Waals surface area contributed by atoms with Crippen LogP contribution in [0, 0.1) is 13.8 Å². The molecule has 0 amide bonds. The van der Waals surface area contributed by atoms with Crippen molar-refractivity contribution in [3.05, 3.63) is 51.5 Å². The van der Waals surface area contributed by atoms with E-state index in [4.69, 9.17) is 0 Å². The zero-order chi connectivity index (χ0) is 19.7. The van der Waals surface area contributed by atoms with Gasteiger partial charge in [0.15, 0.2) is 15.8 Å². The predicted octanol–water partition coefficient (Wildman–Crippen LogP) is 3.44. The molecule has 1 aromatic carbocycles. The highest BCUT2D eigenvalue weighted by Gasteiger charge is 2.11. The molecule has 0 aliphatic rings. The van der Waals surface area contributed by atoms with E-state index in [9.17, 15) is 8.42 Å². The first kappa shape index (κ1) is 24.8. The fraction of sp³-hybridized carbons (Fsp3) is 0.474. The van der Waals surface area contributed by atoms with Crippen molar-refractivity contribution in [2.24, 2.45) is 4.99 Å². The molecule has 0 aliphatic carbocycles. The Balaban J connectivity index is 0.00000392. The lowest BCUT2D eigenvalue weighted by atomic mass is 10.2. The fourth-order valence-electron chi connectivity index (χ4n) is 2.61. The summed E-state index contributed by atoms with van der Waals surface area (Å²) >= 11 is 1.65. The molecule has 0 aliphatic heterocycles. The molecule has 2 rings (SSSR count). The lowest BCUT2D eigenvalue weighted by Crippen LogP contribution is -2.38. The maximum absolute atomic E-state index is 12.2. The highest BCUT2D eigenvalue weighted by molar-refractivity contribution is 14.0. The van der Waals surface area contributed by atoms with Gasteiger partial charge in [0.05, 0.1) is 28.8 Å². The number of aromatic nitrogens is 1. The van der Waals surface area contributed by atoms with Gasteiger partial charge < -0.3 is 10.6 Å². The summed E-state index contributed by atoms with van der Waals surface area (Å²) in [5, 5.41) is 7.44. The lowest BCUT2D eigenvalue weighted by Gasteiger charge is -2.11. The summed E-state index contributed by atoms with van der Waals surface area (Å²) in [6.45, 7) is 7.86. The monoisotopic (exact) mass is 536 g/mol. The molecule has 9 heteroatoms. The maximum Gasteiger partial charge on any atom is 0.191 e. The van der Waals surface area contributed by atoms with E-state index in [0.717, 1.165) is 27.7 Å². The third-order valence-electron chi connectivity index (χ3n) is 3.88. The van der Waals surface area contributed by atoms with Gasteiger partial charge in [-0.1, -0.05) is 30.3 Å². The van der Waals surface area contributed by atoms with E-state index in [1.54, 1.807) is 11.3 Å². The number of hydrogen-bond acceptors (Lipinski definition) is 5. The Kier molecular flexibility index (Phi) is 11.0. The fourth-order valence-corrected chi connectivity index (χ4v) is 4.90. The quantitative estimate of drug-likeness (QED) is 0.222. The normalized spacial score (nSPS) is 11.8. The molecular weight excluding hydrogens is 507 g/mol. The Hall–Kier alpha value is -1.20. The minimum absolute atomic E-state index is 0. The molecule has 6 nitrogen and oxygen atoms in total. The largest absolute Gasteiger partial charge is 0.357 e. The lowest BCUT2D eigenvalue weighted by molar-refractivity contribution is 0.591. The van der Waals surface area contributed by atoms with Crippen LogP contribution in [0.3, 0.4) is 0 Å². The Morgan fingerprint density at radius 1 is 1.18 bits per heavy atom. The molecule has 0 radical (unpaired) electrons. The van der Waals surface area contributed by atoms with Crippen LogP contribution in [0.4, 0.5) is 0 Å². The summed E-state index contributed by atoms with van der Waals surface area (Å²) in [5.74, 6) is 0.941. The third-order valence-corrected chi connectivity index (χ3v) is 6.62. The molecule has 1 heterocycles. The first-order valence-corrected chi connectivity index (χ1v) is 11.7. The smallest absolute Gasteiger partial charge is 0.191 e. The van der Waals surface area contributed by atoms with E-state index < -0.39 is 9.84 Å². The molecule has 0 saturated heterocycles.